The first-order valence-electron chi connectivity index (χ1n) is 5.94. The van der Waals surface area contributed by atoms with Crippen molar-refractivity contribution in [1.82, 2.24) is 5.32 Å². The number of benzene rings is 1. The summed E-state index contributed by atoms with van der Waals surface area (Å²) in [5, 5.41) is 20.9. The van der Waals surface area contributed by atoms with E-state index < -0.39 is 5.54 Å². The van der Waals surface area contributed by atoms with Crippen molar-refractivity contribution < 1.29 is 15.0 Å². The van der Waals surface area contributed by atoms with Crippen molar-refractivity contribution in [1.29, 1.82) is 0 Å². The first kappa shape index (κ1) is 15.3. The number of aliphatic hydroxyl groups is 2. The Labute approximate surface area is 112 Å². The number of nitrogens with one attached hydrogen (secondary N) is 1. The molecule has 0 aliphatic rings. The molecule has 0 atom stereocenters. The molecule has 6 heteroatoms. The molecule has 0 spiro atoms. The highest BCUT2D eigenvalue weighted by Crippen LogP contribution is 2.22. The van der Waals surface area contributed by atoms with Gasteiger partial charge in [0.25, 0.3) is 5.91 Å². The molecule has 0 unspecified atom stereocenters. The van der Waals surface area contributed by atoms with Gasteiger partial charge in [-0.3, -0.25) is 4.79 Å². The molecule has 1 aromatic rings. The predicted molar refractivity (Wildman–Crippen MR) is 75.2 cm³/mol. The maximum Gasteiger partial charge on any atom is 0.251 e. The quantitative estimate of drug-likeness (QED) is 0.554. The molecule has 0 bridgehead atoms. The van der Waals surface area contributed by atoms with Gasteiger partial charge in [-0.05, 0) is 25.1 Å². The molecule has 106 valence electrons. The Bertz CT molecular complexity index is 456. The second kappa shape index (κ2) is 5.90. The molecule has 0 fully saturated rings. The summed E-state index contributed by atoms with van der Waals surface area (Å²) in [5.74, 6) is -0.386. The second-order valence-corrected chi connectivity index (χ2v) is 5.00. The lowest BCUT2D eigenvalue weighted by Crippen LogP contribution is -2.51. The van der Waals surface area contributed by atoms with E-state index in [2.05, 4.69) is 5.32 Å². The zero-order valence-corrected chi connectivity index (χ0v) is 11.5. The van der Waals surface area contributed by atoms with Crippen LogP contribution in [0.2, 0.25) is 0 Å². The van der Waals surface area contributed by atoms with Gasteiger partial charge in [0.1, 0.15) is 0 Å². The van der Waals surface area contributed by atoms with Crippen LogP contribution in [0.4, 0.5) is 11.4 Å². The SMILES string of the molecule is CN(C)c1ccc(C(=O)NC(C)(CO)CO)cc1N. The average molecular weight is 267 g/mol. The molecule has 0 saturated heterocycles. The summed E-state index contributed by atoms with van der Waals surface area (Å²) in [6.07, 6.45) is 0. The van der Waals surface area contributed by atoms with Gasteiger partial charge in [-0.25, -0.2) is 0 Å². The minimum atomic E-state index is -1.05. The van der Waals surface area contributed by atoms with Gasteiger partial charge in [0.05, 0.1) is 30.1 Å². The van der Waals surface area contributed by atoms with Gasteiger partial charge in [0, 0.05) is 19.7 Å². The Morgan fingerprint density at radius 1 is 1.37 bits per heavy atom. The van der Waals surface area contributed by atoms with Gasteiger partial charge in [-0.15, -0.1) is 0 Å². The standard InChI is InChI=1S/C13H21N3O3/c1-13(7-17,8-18)15-12(19)9-4-5-11(16(2)3)10(14)6-9/h4-6,17-18H,7-8,14H2,1-3H3,(H,15,19). The number of nitrogen functional groups attached to an aromatic ring is 1. The molecule has 6 nitrogen and oxygen atoms in total. The van der Waals surface area contributed by atoms with Crippen LogP contribution in [-0.4, -0.2) is 49.0 Å². The molecule has 19 heavy (non-hydrogen) atoms. The van der Waals surface area contributed by atoms with Crippen molar-refractivity contribution in [3.63, 3.8) is 0 Å². The number of anilines is 2. The Morgan fingerprint density at radius 3 is 2.37 bits per heavy atom. The first-order valence-corrected chi connectivity index (χ1v) is 5.94. The fraction of sp³-hybridized carbons (Fsp3) is 0.462. The van der Waals surface area contributed by atoms with Crippen molar-refractivity contribution in [3.8, 4) is 0 Å². The summed E-state index contributed by atoms with van der Waals surface area (Å²) in [4.78, 5) is 13.9. The molecule has 5 N–H and O–H groups in total. The van der Waals surface area contributed by atoms with Crippen LogP contribution in [0, 0.1) is 0 Å². The molecule has 0 aromatic heterocycles. The smallest absolute Gasteiger partial charge is 0.251 e. The van der Waals surface area contributed by atoms with Crippen molar-refractivity contribution in [3.05, 3.63) is 23.8 Å². The molecule has 0 heterocycles. The largest absolute Gasteiger partial charge is 0.397 e. The van der Waals surface area contributed by atoms with Gasteiger partial charge >= 0.3 is 0 Å². The topological polar surface area (TPSA) is 98.8 Å². The number of carbonyl (C=O) groups is 1. The summed E-state index contributed by atoms with van der Waals surface area (Å²) < 4.78 is 0. The monoisotopic (exact) mass is 267 g/mol. The third kappa shape index (κ3) is 3.59. The predicted octanol–water partition coefficient (Wildman–Crippen LogP) is -0.192. The average Bonchev–Trinajstić information content (AvgIpc) is 2.37. The van der Waals surface area contributed by atoms with Crippen LogP contribution in [-0.2, 0) is 0 Å². The van der Waals surface area contributed by atoms with Crippen LogP contribution < -0.4 is 16.0 Å². The summed E-state index contributed by atoms with van der Waals surface area (Å²) in [6.45, 7) is 0.865. The van der Waals surface area contributed by atoms with Gasteiger partial charge in [0.15, 0.2) is 0 Å². The van der Waals surface area contributed by atoms with Gasteiger partial charge in [-0.1, -0.05) is 0 Å². The second-order valence-electron chi connectivity index (χ2n) is 5.00. The Kier molecular flexibility index (Phi) is 4.74. The van der Waals surface area contributed by atoms with E-state index in [1.165, 1.54) is 0 Å². The van der Waals surface area contributed by atoms with Crippen LogP contribution in [0.5, 0.6) is 0 Å². The maximum absolute atomic E-state index is 12.0. The molecule has 0 aliphatic heterocycles. The van der Waals surface area contributed by atoms with Crippen molar-refractivity contribution >= 4 is 17.3 Å². The zero-order chi connectivity index (χ0) is 14.6. The molecular weight excluding hydrogens is 246 g/mol. The van der Waals surface area contributed by atoms with Crippen LogP contribution >= 0.6 is 0 Å². The summed E-state index contributed by atoms with van der Waals surface area (Å²) in [6, 6.07) is 4.97. The van der Waals surface area contributed by atoms with E-state index in [0.717, 1.165) is 5.69 Å². The highest BCUT2D eigenvalue weighted by molar-refractivity contribution is 5.96. The van der Waals surface area contributed by atoms with Crippen molar-refractivity contribution in [2.75, 3.05) is 37.9 Å². The van der Waals surface area contributed by atoms with Crippen LogP contribution in [0.3, 0.4) is 0 Å². The number of aliphatic hydroxyl groups excluding tert-OH is 2. The zero-order valence-electron chi connectivity index (χ0n) is 11.5. The minimum Gasteiger partial charge on any atom is -0.397 e. The maximum atomic E-state index is 12.0. The molecule has 0 saturated carbocycles. The number of carbonyl (C=O) groups excluding carboxylic acids is 1. The third-order valence-electron chi connectivity index (χ3n) is 2.88. The van der Waals surface area contributed by atoms with Crippen LogP contribution in [0.25, 0.3) is 0 Å². The molecule has 1 rings (SSSR count). The lowest BCUT2D eigenvalue weighted by Gasteiger charge is -2.26. The number of nitrogens with zero attached hydrogens (tertiary/aromatic N) is 1. The molecule has 1 amide bonds. The van der Waals surface area contributed by atoms with Crippen molar-refractivity contribution in [2.24, 2.45) is 0 Å². The minimum absolute atomic E-state index is 0.347. The van der Waals surface area contributed by atoms with E-state index in [-0.39, 0.29) is 19.1 Å². The number of nitrogens with two attached hydrogens (primary N) is 1. The molecular formula is C13H21N3O3. The van der Waals surface area contributed by atoms with Crippen LogP contribution in [0.1, 0.15) is 17.3 Å². The number of amides is 1. The Balaban J connectivity index is 2.93. The van der Waals surface area contributed by atoms with E-state index in [9.17, 15) is 4.79 Å². The summed E-state index contributed by atoms with van der Waals surface area (Å²) >= 11 is 0. The first-order chi connectivity index (χ1) is 8.83. The Morgan fingerprint density at radius 2 is 1.95 bits per heavy atom. The highest BCUT2D eigenvalue weighted by Gasteiger charge is 2.25. The third-order valence-corrected chi connectivity index (χ3v) is 2.88. The van der Waals surface area contributed by atoms with E-state index in [1.807, 2.05) is 19.0 Å². The fourth-order valence-corrected chi connectivity index (χ4v) is 1.58. The molecule has 0 radical (unpaired) electrons. The normalized spacial score (nSPS) is 11.2. The van der Waals surface area contributed by atoms with E-state index in [4.69, 9.17) is 15.9 Å². The summed E-state index contributed by atoms with van der Waals surface area (Å²) in [7, 11) is 3.72. The van der Waals surface area contributed by atoms with Gasteiger partial charge in [0.2, 0.25) is 0 Å². The fourth-order valence-electron chi connectivity index (χ4n) is 1.58. The highest BCUT2D eigenvalue weighted by atomic mass is 16.3. The van der Waals surface area contributed by atoms with Gasteiger partial charge < -0.3 is 26.2 Å². The van der Waals surface area contributed by atoms with Gasteiger partial charge in [-0.2, -0.15) is 0 Å². The number of rotatable bonds is 5. The molecule has 0 aliphatic carbocycles. The lowest BCUT2D eigenvalue weighted by molar-refractivity contribution is 0.0724. The molecule has 1 aromatic carbocycles. The van der Waals surface area contributed by atoms with Crippen molar-refractivity contribution in [2.45, 2.75) is 12.5 Å². The number of hydrogen-bond acceptors (Lipinski definition) is 5. The summed E-state index contributed by atoms with van der Waals surface area (Å²) in [5.41, 5.74) is 6.52. The van der Waals surface area contributed by atoms with E-state index in [0.29, 0.717) is 11.3 Å². The van der Waals surface area contributed by atoms with E-state index in [1.54, 1.807) is 25.1 Å². The number of hydrogen-bond donors (Lipinski definition) is 4. The lowest BCUT2D eigenvalue weighted by atomic mass is 10.0. The van der Waals surface area contributed by atoms with E-state index >= 15 is 0 Å². The Hall–Kier alpha value is -1.79. The van der Waals surface area contributed by atoms with Crippen LogP contribution in [0.15, 0.2) is 18.2 Å².